The summed E-state index contributed by atoms with van der Waals surface area (Å²) in [5, 5.41) is 18.2. The number of aliphatic hydroxyl groups is 1. The minimum absolute atomic E-state index is 0.0125. The van der Waals surface area contributed by atoms with Gasteiger partial charge >= 0.3 is 6.09 Å². The fourth-order valence-corrected chi connectivity index (χ4v) is 7.64. The maximum absolute atomic E-state index is 14.0. The summed E-state index contributed by atoms with van der Waals surface area (Å²) in [6, 6.07) is 13.5. The van der Waals surface area contributed by atoms with Crippen molar-refractivity contribution in [3.05, 3.63) is 70.7 Å². The summed E-state index contributed by atoms with van der Waals surface area (Å²) in [4.78, 5) is 24.3. The normalized spacial score (nSPS) is 13.5. The van der Waals surface area contributed by atoms with Crippen molar-refractivity contribution in [2.24, 2.45) is 5.92 Å². The van der Waals surface area contributed by atoms with Gasteiger partial charge in [0.15, 0.2) is 5.13 Å². The lowest BCUT2D eigenvalue weighted by Crippen LogP contribution is -2.51. The molecule has 0 saturated heterocycles. The molecule has 11 nitrogen and oxygen atoms in total. The first-order chi connectivity index (χ1) is 21.0. The molecule has 4 aromatic rings. The van der Waals surface area contributed by atoms with E-state index in [1.807, 2.05) is 58.3 Å². The number of nitrogens with zero attached hydrogens (tertiary/aromatic N) is 4. The van der Waals surface area contributed by atoms with Gasteiger partial charge in [0, 0.05) is 32.4 Å². The van der Waals surface area contributed by atoms with Crippen LogP contribution in [0.4, 0.5) is 9.93 Å². The third-order valence-electron chi connectivity index (χ3n) is 6.69. The average Bonchev–Trinajstić information content (AvgIpc) is 3.65. The number of fused-ring (bicyclic) bond motifs is 1. The van der Waals surface area contributed by atoms with Crippen LogP contribution in [0.2, 0.25) is 0 Å². The fraction of sp³-hybridized carbons (Fsp3) is 0.433. The van der Waals surface area contributed by atoms with E-state index in [4.69, 9.17) is 4.74 Å². The monoisotopic (exact) mass is 660 g/mol. The van der Waals surface area contributed by atoms with Crippen LogP contribution in [0.1, 0.15) is 24.3 Å². The molecule has 0 aliphatic carbocycles. The summed E-state index contributed by atoms with van der Waals surface area (Å²) >= 11 is 2.76. The molecule has 0 spiro atoms. The van der Waals surface area contributed by atoms with Crippen LogP contribution in [0.25, 0.3) is 10.2 Å². The number of aromatic nitrogens is 2. The zero-order valence-corrected chi connectivity index (χ0v) is 27.8. The average molecular weight is 661 g/mol. The molecule has 44 heavy (non-hydrogen) atoms. The highest BCUT2D eigenvalue weighted by molar-refractivity contribution is 7.89. The van der Waals surface area contributed by atoms with Crippen LogP contribution in [-0.2, 0) is 27.8 Å². The second-order valence-electron chi connectivity index (χ2n) is 11.1. The molecule has 0 fully saturated rings. The lowest BCUT2D eigenvalue weighted by atomic mass is 10.0. The van der Waals surface area contributed by atoms with Crippen molar-refractivity contribution in [3.8, 4) is 0 Å². The highest BCUT2D eigenvalue weighted by atomic mass is 32.2. The minimum atomic E-state index is -4.00. The summed E-state index contributed by atoms with van der Waals surface area (Å²) < 4.78 is 35.4. The quantitative estimate of drug-likeness (QED) is 0.161. The fourth-order valence-electron chi connectivity index (χ4n) is 4.48. The number of anilines is 1. The van der Waals surface area contributed by atoms with Gasteiger partial charge in [0.1, 0.15) is 6.61 Å². The van der Waals surface area contributed by atoms with Gasteiger partial charge in [0.2, 0.25) is 10.0 Å². The molecule has 0 aliphatic heterocycles. The number of carbonyl (C=O) groups excluding carboxylic acids is 1. The number of alkyl carbamates (subject to hydrolysis) is 1. The number of benzene rings is 2. The van der Waals surface area contributed by atoms with E-state index in [1.165, 1.54) is 27.0 Å². The molecular weight excluding hydrogens is 621 g/mol. The molecule has 238 valence electrons. The molecule has 3 N–H and O–H groups in total. The predicted octanol–water partition coefficient (Wildman–Crippen LogP) is 4.27. The van der Waals surface area contributed by atoms with Crippen LogP contribution in [0, 0.1) is 5.92 Å². The smallest absolute Gasteiger partial charge is 0.407 e. The van der Waals surface area contributed by atoms with Crippen molar-refractivity contribution in [1.29, 1.82) is 0 Å². The topological polar surface area (TPSA) is 137 Å². The van der Waals surface area contributed by atoms with Crippen molar-refractivity contribution in [2.75, 3.05) is 45.6 Å². The first-order valence-corrected chi connectivity index (χ1v) is 17.5. The van der Waals surface area contributed by atoms with Crippen molar-refractivity contribution >= 4 is 54.1 Å². The van der Waals surface area contributed by atoms with E-state index in [0.717, 1.165) is 33.4 Å². The van der Waals surface area contributed by atoms with Crippen LogP contribution in [0.5, 0.6) is 0 Å². The predicted molar refractivity (Wildman–Crippen MR) is 176 cm³/mol. The molecule has 0 radical (unpaired) electrons. The molecule has 2 aromatic heterocycles. The van der Waals surface area contributed by atoms with Gasteiger partial charge < -0.3 is 25.4 Å². The third-order valence-corrected chi connectivity index (χ3v) is 10.2. The van der Waals surface area contributed by atoms with Gasteiger partial charge in [-0.05, 0) is 50.2 Å². The van der Waals surface area contributed by atoms with E-state index in [2.05, 4.69) is 25.5 Å². The molecule has 0 aliphatic rings. The molecule has 2 atom stereocenters. The number of thiazole rings is 2. The van der Waals surface area contributed by atoms with E-state index in [-0.39, 0.29) is 36.9 Å². The molecule has 14 heteroatoms. The summed E-state index contributed by atoms with van der Waals surface area (Å²) in [7, 11) is -0.0147. The lowest BCUT2D eigenvalue weighted by molar-refractivity contribution is 0.0876. The molecule has 1 amide bonds. The SMILES string of the molecule is CC(C)CN(CC(O)C(Cc1ccccc1)NC(=O)OCc1cncs1)S(=O)(=O)c1ccc2nc(NCCN(C)C)sc2c1. The number of hydrogen-bond donors (Lipinski definition) is 3. The van der Waals surface area contributed by atoms with Gasteiger partial charge in [0.05, 0.1) is 37.6 Å². The molecule has 2 aromatic carbocycles. The Morgan fingerprint density at radius 2 is 1.89 bits per heavy atom. The van der Waals surface area contributed by atoms with E-state index < -0.39 is 28.3 Å². The van der Waals surface area contributed by atoms with Crippen molar-refractivity contribution in [1.82, 2.24) is 24.5 Å². The number of ether oxygens (including phenoxy) is 1. The van der Waals surface area contributed by atoms with Crippen LogP contribution in [0.3, 0.4) is 0 Å². The number of hydrogen-bond acceptors (Lipinski definition) is 11. The Balaban J connectivity index is 1.53. The van der Waals surface area contributed by atoms with Crippen LogP contribution in [-0.4, -0.2) is 91.2 Å². The summed E-state index contributed by atoms with van der Waals surface area (Å²) in [6.07, 6.45) is -0.0276. The lowest BCUT2D eigenvalue weighted by Gasteiger charge is -2.30. The largest absolute Gasteiger partial charge is 0.444 e. The Hall–Kier alpha value is -3.14. The van der Waals surface area contributed by atoms with Gasteiger partial charge in [-0.15, -0.1) is 11.3 Å². The van der Waals surface area contributed by atoms with Gasteiger partial charge in [0.25, 0.3) is 0 Å². The second-order valence-corrected chi connectivity index (χ2v) is 15.1. The number of amides is 1. The Kier molecular flexibility index (Phi) is 12.1. The van der Waals surface area contributed by atoms with Gasteiger partial charge in [-0.25, -0.2) is 18.2 Å². The second kappa shape index (κ2) is 15.7. The number of carbonyl (C=O) groups is 1. The van der Waals surface area contributed by atoms with Gasteiger partial charge in [-0.3, -0.25) is 4.98 Å². The molecule has 0 saturated carbocycles. The minimum Gasteiger partial charge on any atom is -0.444 e. The van der Waals surface area contributed by atoms with Crippen LogP contribution >= 0.6 is 22.7 Å². The molecule has 2 unspecified atom stereocenters. The van der Waals surface area contributed by atoms with E-state index in [9.17, 15) is 18.3 Å². The van der Waals surface area contributed by atoms with E-state index in [1.54, 1.807) is 29.9 Å². The maximum atomic E-state index is 14.0. The number of likely N-dealkylation sites (N-methyl/N-ethyl adjacent to an activating group) is 1. The van der Waals surface area contributed by atoms with Crippen LogP contribution in [0.15, 0.2) is 65.1 Å². The first kappa shape index (κ1) is 33.7. The van der Waals surface area contributed by atoms with Crippen molar-refractivity contribution in [2.45, 2.75) is 43.9 Å². The first-order valence-electron chi connectivity index (χ1n) is 14.3. The number of aliphatic hydroxyl groups excluding tert-OH is 1. The Bertz CT molecular complexity index is 1580. The highest BCUT2D eigenvalue weighted by Crippen LogP contribution is 2.29. The molecular formula is C30H40N6O5S3. The number of nitrogens with one attached hydrogen (secondary N) is 2. The van der Waals surface area contributed by atoms with Gasteiger partial charge in [-0.2, -0.15) is 4.31 Å². The molecule has 0 bridgehead atoms. The third kappa shape index (κ3) is 9.68. The highest BCUT2D eigenvalue weighted by Gasteiger charge is 2.32. The number of sulfonamides is 1. The Labute approximate surface area is 267 Å². The zero-order chi connectivity index (χ0) is 31.7. The maximum Gasteiger partial charge on any atom is 0.407 e. The Morgan fingerprint density at radius 3 is 2.57 bits per heavy atom. The van der Waals surface area contributed by atoms with Gasteiger partial charge in [-0.1, -0.05) is 55.5 Å². The van der Waals surface area contributed by atoms with E-state index >= 15 is 0 Å². The van der Waals surface area contributed by atoms with Crippen molar-refractivity contribution in [3.63, 3.8) is 0 Å². The molecule has 4 rings (SSSR count). The summed E-state index contributed by atoms with van der Waals surface area (Å²) in [5.41, 5.74) is 3.24. The van der Waals surface area contributed by atoms with Crippen molar-refractivity contribution < 1.29 is 23.1 Å². The Morgan fingerprint density at radius 1 is 1.11 bits per heavy atom. The van der Waals surface area contributed by atoms with E-state index in [0.29, 0.717) is 5.52 Å². The summed E-state index contributed by atoms with van der Waals surface area (Å²) in [6.45, 7) is 5.41. The summed E-state index contributed by atoms with van der Waals surface area (Å²) in [5.74, 6) is -0.0125. The number of rotatable bonds is 16. The van der Waals surface area contributed by atoms with Crippen LogP contribution < -0.4 is 10.6 Å². The molecule has 2 heterocycles. The standard InChI is InChI=1S/C30H40N6O5S3/c1-21(2)17-36(44(39,40)24-10-11-25-28(15-24)43-29(33-25)32-12-13-35(3)4)18-27(37)26(14-22-8-6-5-7-9-22)34-30(38)41-19-23-16-31-20-42-23/h5-11,15-16,20-21,26-27,37H,12-14,17-19H2,1-4H3,(H,32,33)(H,34,38). The zero-order valence-electron chi connectivity index (χ0n) is 25.3.